The van der Waals surface area contributed by atoms with E-state index in [0.29, 0.717) is 17.0 Å². The molecular weight excluding hydrogens is 268 g/mol. The summed E-state index contributed by atoms with van der Waals surface area (Å²) in [5.41, 5.74) is 6.67. The van der Waals surface area contributed by atoms with Crippen LogP contribution in [0.3, 0.4) is 0 Å². The zero-order valence-corrected chi connectivity index (χ0v) is 13.0. The second kappa shape index (κ2) is 6.80. The predicted octanol–water partition coefficient (Wildman–Crippen LogP) is 2.31. The first kappa shape index (κ1) is 15.6. The summed E-state index contributed by atoms with van der Waals surface area (Å²) < 4.78 is 10.8. The molecule has 5 nitrogen and oxygen atoms in total. The number of carbonyl (C=O) groups is 1. The Morgan fingerprint density at radius 1 is 1.43 bits per heavy atom. The molecule has 21 heavy (non-hydrogen) atoms. The zero-order valence-electron chi connectivity index (χ0n) is 13.0. The van der Waals surface area contributed by atoms with Crippen LogP contribution >= 0.6 is 0 Å². The summed E-state index contributed by atoms with van der Waals surface area (Å²) in [6.07, 6.45) is 3.30. The van der Waals surface area contributed by atoms with Crippen LogP contribution in [-0.2, 0) is 4.74 Å². The van der Waals surface area contributed by atoms with E-state index >= 15 is 0 Å². The normalized spacial score (nSPS) is 20.8. The number of hydrogen-bond donors (Lipinski definition) is 1. The highest BCUT2D eigenvalue weighted by Crippen LogP contribution is 2.25. The third-order valence-corrected chi connectivity index (χ3v) is 4.11. The number of esters is 1. The van der Waals surface area contributed by atoms with E-state index in [4.69, 9.17) is 15.2 Å². The lowest BCUT2D eigenvalue weighted by molar-refractivity contribution is 0.000958. The number of hydrogen-bond acceptors (Lipinski definition) is 5. The first-order valence-electron chi connectivity index (χ1n) is 7.37. The van der Waals surface area contributed by atoms with Gasteiger partial charge in [-0.2, -0.15) is 0 Å². The smallest absolute Gasteiger partial charge is 0.342 e. The highest BCUT2D eigenvalue weighted by molar-refractivity contribution is 5.93. The molecule has 0 saturated carbocycles. The van der Waals surface area contributed by atoms with Crippen molar-refractivity contribution in [1.29, 1.82) is 0 Å². The summed E-state index contributed by atoms with van der Waals surface area (Å²) in [5.74, 6) is 0.0857. The van der Waals surface area contributed by atoms with E-state index in [1.165, 1.54) is 20.0 Å². The summed E-state index contributed by atoms with van der Waals surface area (Å²) >= 11 is 0. The minimum absolute atomic E-state index is 0.148. The molecule has 1 aromatic rings. The number of rotatable bonds is 4. The van der Waals surface area contributed by atoms with Crippen molar-refractivity contribution in [3.05, 3.63) is 23.8 Å². The molecule has 0 radical (unpaired) electrons. The summed E-state index contributed by atoms with van der Waals surface area (Å²) in [5, 5.41) is 0. The predicted molar refractivity (Wildman–Crippen MR) is 82.6 cm³/mol. The van der Waals surface area contributed by atoms with E-state index in [1.807, 2.05) is 6.92 Å². The van der Waals surface area contributed by atoms with Crippen LogP contribution < -0.4 is 10.5 Å². The topological polar surface area (TPSA) is 64.8 Å². The minimum Gasteiger partial charge on any atom is -0.496 e. The van der Waals surface area contributed by atoms with E-state index in [2.05, 4.69) is 11.9 Å². The molecule has 1 saturated heterocycles. The van der Waals surface area contributed by atoms with Gasteiger partial charge in [0.2, 0.25) is 0 Å². The van der Waals surface area contributed by atoms with Gasteiger partial charge in [0, 0.05) is 17.8 Å². The molecule has 5 heteroatoms. The van der Waals surface area contributed by atoms with Gasteiger partial charge >= 0.3 is 5.97 Å². The highest BCUT2D eigenvalue weighted by atomic mass is 16.5. The Hall–Kier alpha value is -1.75. The average Bonchev–Trinajstić information content (AvgIpc) is 2.47. The number of likely N-dealkylation sites (tertiary alicyclic amines) is 1. The maximum atomic E-state index is 12.3. The fourth-order valence-corrected chi connectivity index (χ4v) is 2.88. The number of carbonyl (C=O) groups excluding carboxylic acids is 1. The number of nitrogens with zero attached hydrogens (tertiary/aromatic N) is 1. The fraction of sp³-hybridized carbons (Fsp3) is 0.562. The van der Waals surface area contributed by atoms with Crippen LogP contribution in [0.5, 0.6) is 5.75 Å². The van der Waals surface area contributed by atoms with E-state index in [0.717, 1.165) is 13.0 Å². The van der Waals surface area contributed by atoms with Gasteiger partial charge in [-0.1, -0.05) is 6.42 Å². The SMILES string of the molecule is COc1cc(N)ccc1C(=O)OC(C)C1CCCCN1C. The first-order chi connectivity index (χ1) is 10.0. The molecule has 1 aliphatic rings. The molecule has 2 N–H and O–H groups in total. The molecule has 2 unspecified atom stereocenters. The van der Waals surface area contributed by atoms with Crippen molar-refractivity contribution in [2.24, 2.45) is 0 Å². The molecule has 0 aromatic heterocycles. The number of benzene rings is 1. The van der Waals surface area contributed by atoms with Crippen molar-refractivity contribution in [3.63, 3.8) is 0 Å². The van der Waals surface area contributed by atoms with Gasteiger partial charge in [-0.15, -0.1) is 0 Å². The molecule has 1 aromatic carbocycles. The van der Waals surface area contributed by atoms with Gasteiger partial charge in [-0.05, 0) is 45.5 Å². The lowest BCUT2D eigenvalue weighted by Gasteiger charge is -2.36. The van der Waals surface area contributed by atoms with E-state index in [9.17, 15) is 4.79 Å². The van der Waals surface area contributed by atoms with Crippen LogP contribution in [0.1, 0.15) is 36.5 Å². The summed E-state index contributed by atoms with van der Waals surface area (Å²) in [6, 6.07) is 5.24. The fourth-order valence-electron chi connectivity index (χ4n) is 2.88. The van der Waals surface area contributed by atoms with Crippen LogP contribution in [0, 0.1) is 0 Å². The molecule has 0 bridgehead atoms. The first-order valence-corrected chi connectivity index (χ1v) is 7.37. The van der Waals surface area contributed by atoms with Crippen molar-refractivity contribution in [2.45, 2.75) is 38.3 Å². The number of anilines is 1. The number of ether oxygens (including phenoxy) is 2. The summed E-state index contributed by atoms with van der Waals surface area (Å²) in [4.78, 5) is 14.6. The second-order valence-corrected chi connectivity index (χ2v) is 5.61. The Bertz CT molecular complexity index is 504. The standard InChI is InChI=1S/C16H24N2O3/c1-11(14-6-4-5-9-18(14)2)21-16(19)13-8-7-12(17)10-15(13)20-3/h7-8,10-11,14H,4-6,9,17H2,1-3H3. The van der Waals surface area contributed by atoms with Crippen molar-refractivity contribution in [2.75, 3.05) is 26.4 Å². The van der Waals surface area contributed by atoms with Crippen LogP contribution in [0.4, 0.5) is 5.69 Å². The second-order valence-electron chi connectivity index (χ2n) is 5.61. The Morgan fingerprint density at radius 2 is 2.19 bits per heavy atom. The molecule has 1 heterocycles. The van der Waals surface area contributed by atoms with E-state index < -0.39 is 0 Å². The zero-order chi connectivity index (χ0) is 15.4. The highest BCUT2D eigenvalue weighted by Gasteiger charge is 2.28. The third-order valence-electron chi connectivity index (χ3n) is 4.11. The molecule has 1 aliphatic heterocycles. The quantitative estimate of drug-likeness (QED) is 0.681. The van der Waals surface area contributed by atoms with Gasteiger partial charge in [0.15, 0.2) is 0 Å². The van der Waals surface area contributed by atoms with Crippen molar-refractivity contribution in [3.8, 4) is 5.75 Å². The Morgan fingerprint density at radius 3 is 2.86 bits per heavy atom. The number of piperidine rings is 1. The molecule has 2 atom stereocenters. The van der Waals surface area contributed by atoms with Gasteiger partial charge in [-0.3, -0.25) is 4.90 Å². The molecule has 0 amide bonds. The van der Waals surface area contributed by atoms with Crippen LogP contribution in [0.15, 0.2) is 18.2 Å². The van der Waals surface area contributed by atoms with Crippen LogP contribution in [-0.4, -0.2) is 43.7 Å². The largest absolute Gasteiger partial charge is 0.496 e. The van der Waals surface area contributed by atoms with E-state index in [1.54, 1.807) is 18.2 Å². The van der Waals surface area contributed by atoms with Crippen molar-refractivity contribution in [1.82, 2.24) is 4.90 Å². The maximum absolute atomic E-state index is 12.3. The van der Waals surface area contributed by atoms with Gasteiger partial charge in [0.25, 0.3) is 0 Å². The lowest BCUT2D eigenvalue weighted by Crippen LogP contribution is -2.44. The lowest BCUT2D eigenvalue weighted by atomic mass is 9.99. The molecule has 116 valence electrons. The summed E-state index contributed by atoms with van der Waals surface area (Å²) in [6.45, 7) is 3.01. The molecular formula is C16H24N2O3. The molecule has 1 fully saturated rings. The monoisotopic (exact) mass is 292 g/mol. The molecule has 2 rings (SSSR count). The van der Waals surface area contributed by atoms with Crippen molar-refractivity contribution >= 4 is 11.7 Å². The van der Waals surface area contributed by atoms with E-state index in [-0.39, 0.29) is 18.1 Å². The van der Waals surface area contributed by atoms with Gasteiger partial charge in [0.05, 0.1) is 7.11 Å². The number of nitrogens with two attached hydrogens (primary N) is 1. The van der Waals surface area contributed by atoms with Crippen molar-refractivity contribution < 1.29 is 14.3 Å². The Balaban J connectivity index is 2.07. The number of nitrogen functional groups attached to an aromatic ring is 1. The Kier molecular flexibility index (Phi) is 5.07. The molecule has 0 spiro atoms. The minimum atomic E-state index is -0.363. The number of likely N-dealkylation sites (N-methyl/N-ethyl adjacent to an activating group) is 1. The average molecular weight is 292 g/mol. The van der Waals surface area contributed by atoms with Gasteiger partial charge in [0.1, 0.15) is 17.4 Å². The number of methoxy groups -OCH3 is 1. The summed E-state index contributed by atoms with van der Waals surface area (Å²) in [7, 11) is 3.60. The van der Waals surface area contributed by atoms with Gasteiger partial charge < -0.3 is 15.2 Å². The maximum Gasteiger partial charge on any atom is 0.342 e. The van der Waals surface area contributed by atoms with Crippen LogP contribution in [0.25, 0.3) is 0 Å². The Labute approximate surface area is 126 Å². The van der Waals surface area contributed by atoms with Crippen LogP contribution in [0.2, 0.25) is 0 Å². The van der Waals surface area contributed by atoms with Gasteiger partial charge in [-0.25, -0.2) is 4.79 Å². The molecule has 0 aliphatic carbocycles. The third kappa shape index (κ3) is 3.67.